The minimum Gasteiger partial charge on any atom is -0.479 e. The number of ether oxygens (including phenoxy) is 1. The molecular formula is C15H14Cl2N2O2. The molecule has 2 rings (SSSR count). The Labute approximate surface area is 132 Å². The number of nitrogens with two attached hydrogens (primary N) is 1. The molecule has 0 aromatic heterocycles. The van der Waals surface area contributed by atoms with Crippen LogP contribution in [0.2, 0.25) is 10.0 Å². The van der Waals surface area contributed by atoms with Crippen molar-refractivity contribution in [3.63, 3.8) is 0 Å². The molecule has 0 radical (unpaired) electrons. The van der Waals surface area contributed by atoms with E-state index in [-0.39, 0.29) is 5.91 Å². The summed E-state index contributed by atoms with van der Waals surface area (Å²) in [6, 6.07) is 11.8. The molecule has 0 unspecified atom stereocenters. The van der Waals surface area contributed by atoms with E-state index in [4.69, 9.17) is 33.7 Å². The van der Waals surface area contributed by atoms with Crippen molar-refractivity contribution in [1.82, 2.24) is 0 Å². The van der Waals surface area contributed by atoms with Crippen LogP contribution in [0.5, 0.6) is 5.75 Å². The number of halogens is 2. The molecule has 6 heteroatoms. The Morgan fingerprint density at radius 1 is 1.19 bits per heavy atom. The zero-order valence-electron chi connectivity index (χ0n) is 11.3. The predicted octanol–water partition coefficient (Wildman–Crippen LogP) is 3.98. The van der Waals surface area contributed by atoms with Gasteiger partial charge in [0.2, 0.25) is 0 Å². The summed E-state index contributed by atoms with van der Waals surface area (Å²) in [5.74, 6) is 0.140. The highest BCUT2D eigenvalue weighted by atomic mass is 35.5. The van der Waals surface area contributed by atoms with E-state index < -0.39 is 6.10 Å². The third kappa shape index (κ3) is 4.28. The molecule has 0 aliphatic carbocycles. The Bertz CT molecular complexity index is 642. The molecule has 0 bridgehead atoms. The van der Waals surface area contributed by atoms with Gasteiger partial charge in [-0.2, -0.15) is 0 Å². The maximum absolute atomic E-state index is 12.1. The largest absolute Gasteiger partial charge is 0.479 e. The predicted molar refractivity (Wildman–Crippen MR) is 86.0 cm³/mol. The van der Waals surface area contributed by atoms with Crippen molar-refractivity contribution in [2.45, 2.75) is 13.0 Å². The molecule has 3 N–H and O–H groups in total. The molecule has 1 amide bonds. The van der Waals surface area contributed by atoms with Gasteiger partial charge in [0.1, 0.15) is 5.75 Å². The van der Waals surface area contributed by atoms with Crippen LogP contribution in [-0.4, -0.2) is 12.0 Å². The van der Waals surface area contributed by atoms with Crippen LogP contribution in [0.3, 0.4) is 0 Å². The van der Waals surface area contributed by atoms with Crippen molar-refractivity contribution in [1.29, 1.82) is 0 Å². The summed E-state index contributed by atoms with van der Waals surface area (Å²) in [5, 5.41) is 3.58. The van der Waals surface area contributed by atoms with Gasteiger partial charge in [0.15, 0.2) is 6.10 Å². The van der Waals surface area contributed by atoms with Crippen LogP contribution in [0.4, 0.5) is 11.4 Å². The minimum absolute atomic E-state index is 0.323. The lowest BCUT2D eigenvalue weighted by molar-refractivity contribution is -0.122. The number of amides is 1. The van der Waals surface area contributed by atoms with Crippen molar-refractivity contribution in [3.8, 4) is 5.75 Å². The lowest BCUT2D eigenvalue weighted by Gasteiger charge is -2.16. The zero-order valence-corrected chi connectivity index (χ0v) is 12.8. The van der Waals surface area contributed by atoms with E-state index in [1.165, 1.54) is 0 Å². The number of carbonyl (C=O) groups excluding carboxylic acids is 1. The fraction of sp³-hybridized carbons (Fsp3) is 0.133. The number of hydrogen-bond donors (Lipinski definition) is 2. The fourth-order valence-electron chi connectivity index (χ4n) is 1.70. The lowest BCUT2D eigenvalue weighted by Crippen LogP contribution is -2.30. The van der Waals surface area contributed by atoms with Crippen LogP contribution in [0, 0.1) is 0 Å². The van der Waals surface area contributed by atoms with Gasteiger partial charge >= 0.3 is 0 Å². The second-order valence-corrected chi connectivity index (χ2v) is 5.32. The Hall–Kier alpha value is -1.91. The normalized spacial score (nSPS) is 11.8. The molecule has 0 aliphatic heterocycles. The summed E-state index contributed by atoms with van der Waals surface area (Å²) in [4.78, 5) is 12.1. The number of anilines is 2. The Balaban J connectivity index is 2.04. The smallest absolute Gasteiger partial charge is 0.265 e. The number of hydrogen-bond acceptors (Lipinski definition) is 3. The molecule has 0 fully saturated rings. The Morgan fingerprint density at radius 3 is 2.43 bits per heavy atom. The van der Waals surface area contributed by atoms with Gasteiger partial charge in [-0.25, -0.2) is 0 Å². The van der Waals surface area contributed by atoms with Crippen molar-refractivity contribution in [2.24, 2.45) is 0 Å². The molecule has 0 heterocycles. The third-order valence-corrected chi connectivity index (χ3v) is 3.16. The number of rotatable bonds is 4. The molecule has 2 aromatic carbocycles. The van der Waals surface area contributed by atoms with Crippen LogP contribution in [0.25, 0.3) is 0 Å². The van der Waals surface area contributed by atoms with Gasteiger partial charge in [-0.3, -0.25) is 4.79 Å². The highest BCUT2D eigenvalue weighted by Gasteiger charge is 2.16. The third-order valence-electron chi connectivity index (χ3n) is 2.72. The van der Waals surface area contributed by atoms with Gasteiger partial charge in [-0.15, -0.1) is 0 Å². The molecule has 0 spiro atoms. The van der Waals surface area contributed by atoms with Crippen molar-refractivity contribution in [2.75, 3.05) is 11.1 Å². The second-order valence-electron chi connectivity index (χ2n) is 4.45. The molecule has 0 saturated heterocycles. The van der Waals surface area contributed by atoms with Crippen molar-refractivity contribution in [3.05, 3.63) is 52.5 Å². The van der Waals surface area contributed by atoms with E-state index >= 15 is 0 Å². The molecule has 2 aromatic rings. The van der Waals surface area contributed by atoms with Crippen molar-refractivity contribution >= 4 is 40.5 Å². The van der Waals surface area contributed by atoms with Gasteiger partial charge in [-0.05, 0) is 37.3 Å². The number of nitrogen functional groups attached to an aromatic ring is 1. The quantitative estimate of drug-likeness (QED) is 0.836. The first-order chi connectivity index (χ1) is 9.95. The first-order valence-electron chi connectivity index (χ1n) is 6.24. The average Bonchev–Trinajstić information content (AvgIpc) is 2.40. The highest BCUT2D eigenvalue weighted by molar-refractivity contribution is 6.35. The number of carbonyl (C=O) groups is 1. The molecule has 0 aliphatic rings. The van der Waals surface area contributed by atoms with E-state index in [9.17, 15) is 4.79 Å². The first-order valence-corrected chi connectivity index (χ1v) is 6.99. The van der Waals surface area contributed by atoms with Gasteiger partial charge in [0, 0.05) is 15.7 Å². The Morgan fingerprint density at radius 2 is 1.81 bits per heavy atom. The van der Waals surface area contributed by atoms with E-state index in [2.05, 4.69) is 5.32 Å². The van der Waals surface area contributed by atoms with E-state index in [1.54, 1.807) is 49.4 Å². The van der Waals surface area contributed by atoms with E-state index in [0.717, 1.165) is 0 Å². The second kappa shape index (κ2) is 6.70. The monoisotopic (exact) mass is 324 g/mol. The molecule has 1 atom stereocenters. The van der Waals surface area contributed by atoms with Crippen LogP contribution >= 0.6 is 23.2 Å². The maximum Gasteiger partial charge on any atom is 0.265 e. The van der Waals surface area contributed by atoms with E-state index in [0.29, 0.717) is 27.2 Å². The van der Waals surface area contributed by atoms with Crippen LogP contribution in [0.1, 0.15) is 6.92 Å². The van der Waals surface area contributed by atoms with Gasteiger partial charge in [0.25, 0.3) is 5.91 Å². The fourth-order valence-corrected chi connectivity index (χ4v) is 2.23. The van der Waals surface area contributed by atoms with Crippen LogP contribution < -0.4 is 15.8 Å². The highest BCUT2D eigenvalue weighted by Crippen LogP contribution is 2.24. The van der Waals surface area contributed by atoms with Gasteiger partial charge < -0.3 is 15.8 Å². The molecule has 21 heavy (non-hydrogen) atoms. The zero-order chi connectivity index (χ0) is 15.4. The molecule has 4 nitrogen and oxygen atoms in total. The average molecular weight is 325 g/mol. The summed E-state index contributed by atoms with van der Waals surface area (Å²) in [6.07, 6.45) is -0.715. The van der Waals surface area contributed by atoms with E-state index in [1.807, 2.05) is 0 Å². The number of para-hydroxylation sites is 2. The summed E-state index contributed by atoms with van der Waals surface area (Å²) in [7, 11) is 0. The number of nitrogens with one attached hydrogen (secondary N) is 1. The molecule has 110 valence electrons. The first kappa shape index (κ1) is 15.5. The lowest BCUT2D eigenvalue weighted by atomic mass is 10.2. The van der Waals surface area contributed by atoms with Crippen molar-refractivity contribution < 1.29 is 9.53 Å². The van der Waals surface area contributed by atoms with Crippen LogP contribution in [-0.2, 0) is 4.79 Å². The summed E-state index contributed by atoms with van der Waals surface area (Å²) < 4.78 is 5.54. The molecule has 0 saturated carbocycles. The topological polar surface area (TPSA) is 64.3 Å². The summed E-state index contributed by atoms with van der Waals surface area (Å²) >= 11 is 11.8. The minimum atomic E-state index is -0.715. The summed E-state index contributed by atoms with van der Waals surface area (Å²) in [5.41, 5.74) is 6.75. The summed E-state index contributed by atoms with van der Waals surface area (Å²) in [6.45, 7) is 1.63. The SMILES string of the molecule is C[C@@H](Oc1ccccc1N)C(=O)Nc1cc(Cl)cc(Cl)c1. The Kier molecular flexibility index (Phi) is 4.94. The van der Waals surface area contributed by atoms with Crippen LogP contribution in [0.15, 0.2) is 42.5 Å². The number of benzene rings is 2. The van der Waals surface area contributed by atoms with Gasteiger partial charge in [0.05, 0.1) is 5.69 Å². The maximum atomic E-state index is 12.1. The molecular weight excluding hydrogens is 311 g/mol. The standard InChI is InChI=1S/C15H14Cl2N2O2/c1-9(21-14-5-3-2-4-13(14)18)15(20)19-12-7-10(16)6-11(17)8-12/h2-9H,18H2,1H3,(H,19,20)/t9-/m1/s1. The van der Waals surface area contributed by atoms with Gasteiger partial charge in [-0.1, -0.05) is 35.3 Å².